The zero-order valence-corrected chi connectivity index (χ0v) is 7.21. The van der Waals surface area contributed by atoms with Crippen LogP contribution in [0.3, 0.4) is 0 Å². The van der Waals surface area contributed by atoms with E-state index in [4.69, 9.17) is 11.2 Å². The molecule has 1 N–H and O–H groups in total. The average Bonchev–Trinajstić information content (AvgIpc) is 2.19. The highest BCUT2D eigenvalue weighted by molar-refractivity contribution is 5.92. The summed E-state index contributed by atoms with van der Waals surface area (Å²) < 4.78 is 4.99. The smallest absolute Gasteiger partial charge is 0.273 e. The molecule has 0 bridgehead atoms. The van der Waals surface area contributed by atoms with Gasteiger partial charge in [-0.1, -0.05) is 5.92 Å². The summed E-state index contributed by atoms with van der Waals surface area (Å²) in [4.78, 5) is 15.9. The average molecular weight is 181 g/mol. The minimum Gasteiger partial charge on any atom is -0.501 e. The summed E-state index contributed by atoms with van der Waals surface area (Å²) >= 11 is 0. The molecule has 0 aromatic carbocycles. The predicted octanol–water partition coefficient (Wildman–Crippen LogP) is 0.362. The lowest BCUT2D eigenvalue weighted by Gasteiger charge is -2.12. The Morgan fingerprint density at radius 3 is 3.31 bits per heavy atom. The monoisotopic (exact) mass is 181 g/mol. The van der Waals surface area contributed by atoms with Gasteiger partial charge in [-0.25, -0.2) is 5.48 Å². The number of nitrogens with one attached hydrogen (secondary N) is 1. The molecule has 0 aliphatic carbocycles. The summed E-state index contributed by atoms with van der Waals surface area (Å²) in [6, 6.07) is 0. The zero-order valence-electron chi connectivity index (χ0n) is 7.21. The number of carbonyl (C=O) groups is 1. The molecule has 1 rings (SSSR count). The van der Waals surface area contributed by atoms with Crippen LogP contribution >= 0.6 is 0 Å². The number of hydroxylamine groups is 1. The summed E-state index contributed by atoms with van der Waals surface area (Å²) in [5, 5.41) is 0. The minimum absolute atomic E-state index is 0.0693. The van der Waals surface area contributed by atoms with E-state index in [1.54, 1.807) is 0 Å². The molecular formula is C9H11NO3. The first-order valence-electron chi connectivity index (χ1n) is 4.01. The summed E-state index contributed by atoms with van der Waals surface area (Å²) in [5.74, 6) is 1.96. The third kappa shape index (κ3) is 3.18. The van der Waals surface area contributed by atoms with E-state index in [-0.39, 0.29) is 12.5 Å². The van der Waals surface area contributed by atoms with Crippen molar-refractivity contribution in [3.63, 3.8) is 0 Å². The molecule has 0 aromatic rings. The second kappa shape index (κ2) is 5.22. The lowest BCUT2D eigenvalue weighted by atomic mass is 10.1. The van der Waals surface area contributed by atoms with Gasteiger partial charge in [0.15, 0.2) is 0 Å². The Hall–Kier alpha value is -1.47. The van der Waals surface area contributed by atoms with Gasteiger partial charge in [0.2, 0.25) is 0 Å². The van der Waals surface area contributed by atoms with Crippen molar-refractivity contribution < 1.29 is 14.4 Å². The van der Waals surface area contributed by atoms with Crippen LogP contribution in [0.2, 0.25) is 0 Å². The number of ether oxygens (including phenoxy) is 1. The molecule has 0 saturated heterocycles. The van der Waals surface area contributed by atoms with Crippen molar-refractivity contribution in [1.82, 2.24) is 5.48 Å². The number of amides is 1. The Bertz CT molecular complexity index is 252. The summed E-state index contributed by atoms with van der Waals surface area (Å²) in [6.45, 7) is 0.738. The van der Waals surface area contributed by atoms with Gasteiger partial charge in [-0.15, -0.1) is 6.42 Å². The predicted molar refractivity (Wildman–Crippen MR) is 46.2 cm³/mol. The van der Waals surface area contributed by atoms with Crippen molar-refractivity contribution in [3.8, 4) is 12.3 Å². The SMILES string of the molecule is C#CCONC(=O)C1=COCCC1. The van der Waals surface area contributed by atoms with Crippen LogP contribution in [0.4, 0.5) is 0 Å². The molecule has 4 nitrogen and oxygen atoms in total. The fourth-order valence-corrected chi connectivity index (χ4v) is 0.940. The molecule has 1 amide bonds. The van der Waals surface area contributed by atoms with Gasteiger partial charge >= 0.3 is 0 Å². The normalized spacial score (nSPS) is 15.2. The number of terminal acetylenes is 1. The standard InChI is InChI=1S/C9H11NO3/c1-2-5-13-10-9(11)8-4-3-6-12-7-8/h1,7H,3-6H2,(H,10,11). The Labute approximate surface area is 76.9 Å². The number of carbonyl (C=O) groups excluding carboxylic acids is 1. The van der Waals surface area contributed by atoms with E-state index >= 15 is 0 Å². The first-order valence-corrected chi connectivity index (χ1v) is 4.01. The molecule has 0 aromatic heterocycles. The molecule has 4 heteroatoms. The maximum atomic E-state index is 11.2. The van der Waals surface area contributed by atoms with Crippen molar-refractivity contribution in [2.75, 3.05) is 13.2 Å². The van der Waals surface area contributed by atoms with E-state index in [0.717, 1.165) is 6.42 Å². The Morgan fingerprint density at radius 2 is 2.69 bits per heavy atom. The summed E-state index contributed by atoms with van der Waals surface area (Å²) in [6.07, 6.45) is 7.95. The van der Waals surface area contributed by atoms with Gasteiger partial charge < -0.3 is 4.74 Å². The van der Waals surface area contributed by atoms with Crippen molar-refractivity contribution in [2.24, 2.45) is 0 Å². The molecule has 0 unspecified atom stereocenters. The van der Waals surface area contributed by atoms with Crippen molar-refractivity contribution >= 4 is 5.91 Å². The topological polar surface area (TPSA) is 47.6 Å². The van der Waals surface area contributed by atoms with Gasteiger partial charge in [0.05, 0.1) is 18.4 Å². The van der Waals surface area contributed by atoms with E-state index in [0.29, 0.717) is 18.6 Å². The van der Waals surface area contributed by atoms with E-state index in [1.807, 2.05) is 0 Å². The highest BCUT2D eigenvalue weighted by Gasteiger charge is 2.12. The lowest BCUT2D eigenvalue weighted by molar-refractivity contribution is -0.128. The minimum atomic E-state index is -0.282. The van der Waals surface area contributed by atoms with Crippen LogP contribution in [0.15, 0.2) is 11.8 Å². The molecule has 1 heterocycles. The summed E-state index contributed by atoms with van der Waals surface area (Å²) in [5.41, 5.74) is 2.81. The fourth-order valence-electron chi connectivity index (χ4n) is 0.940. The Morgan fingerprint density at radius 1 is 1.85 bits per heavy atom. The number of hydrogen-bond donors (Lipinski definition) is 1. The number of rotatable bonds is 3. The highest BCUT2D eigenvalue weighted by atomic mass is 16.6. The van der Waals surface area contributed by atoms with Gasteiger partial charge in [-0.3, -0.25) is 9.63 Å². The Kier molecular flexibility index (Phi) is 3.86. The molecule has 0 saturated carbocycles. The number of hydrogen-bond acceptors (Lipinski definition) is 3. The maximum Gasteiger partial charge on any atom is 0.273 e. The summed E-state index contributed by atoms with van der Waals surface area (Å²) in [7, 11) is 0. The van der Waals surface area contributed by atoms with Crippen molar-refractivity contribution in [3.05, 3.63) is 11.8 Å². The van der Waals surface area contributed by atoms with Gasteiger partial charge in [0.25, 0.3) is 5.91 Å². The second-order valence-corrected chi connectivity index (χ2v) is 2.54. The van der Waals surface area contributed by atoms with Crippen LogP contribution in [-0.4, -0.2) is 19.1 Å². The van der Waals surface area contributed by atoms with Crippen molar-refractivity contribution in [1.29, 1.82) is 0 Å². The third-order valence-electron chi connectivity index (χ3n) is 1.55. The molecule has 0 atom stereocenters. The van der Waals surface area contributed by atoms with Gasteiger partial charge in [-0.05, 0) is 12.8 Å². The van der Waals surface area contributed by atoms with Gasteiger partial charge in [0.1, 0.15) is 6.61 Å². The molecule has 1 aliphatic rings. The molecular weight excluding hydrogens is 170 g/mol. The first kappa shape index (κ1) is 9.62. The van der Waals surface area contributed by atoms with Gasteiger partial charge in [-0.2, -0.15) is 0 Å². The third-order valence-corrected chi connectivity index (χ3v) is 1.55. The van der Waals surface area contributed by atoms with Crippen LogP contribution in [0.5, 0.6) is 0 Å². The molecule has 0 fully saturated rings. The zero-order chi connectivity index (χ0) is 9.52. The molecule has 13 heavy (non-hydrogen) atoms. The van der Waals surface area contributed by atoms with Crippen LogP contribution in [-0.2, 0) is 14.4 Å². The first-order chi connectivity index (χ1) is 6.34. The largest absolute Gasteiger partial charge is 0.501 e. The van der Waals surface area contributed by atoms with E-state index in [2.05, 4.69) is 16.2 Å². The van der Waals surface area contributed by atoms with Crippen LogP contribution in [0.1, 0.15) is 12.8 Å². The second-order valence-electron chi connectivity index (χ2n) is 2.54. The van der Waals surface area contributed by atoms with Crippen LogP contribution < -0.4 is 5.48 Å². The molecule has 1 aliphatic heterocycles. The quantitative estimate of drug-likeness (QED) is 0.388. The van der Waals surface area contributed by atoms with E-state index in [1.165, 1.54) is 6.26 Å². The van der Waals surface area contributed by atoms with Crippen molar-refractivity contribution in [2.45, 2.75) is 12.8 Å². The maximum absolute atomic E-state index is 11.2. The van der Waals surface area contributed by atoms with Gasteiger partial charge in [0, 0.05) is 0 Å². The Balaban J connectivity index is 2.30. The van der Waals surface area contributed by atoms with E-state index < -0.39 is 0 Å². The highest BCUT2D eigenvalue weighted by Crippen LogP contribution is 2.11. The van der Waals surface area contributed by atoms with Crippen LogP contribution in [0, 0.1) is 12.3 Å². The lowest BCUT2D eigenvalue weighted by Crippen LogP contribution is -2.26. The molecule has 70 valence electrons. The van der Waals surface area contributed by atoms with E-state index in [9.17, 15) is 4.79 Å². The van der Waals surface area contributed by atoms with Crippen LogP contribution in [0.25, 0.3) is 0 Å². The fraction of sp³-hybridized carbons (Fsp3) is 0.444. The molecule has 0 spiro atoms. The molecule has 0 radical (unpaired) electrons.